The molecule has 0 aromatic carbocycles. The van der Waals surface area contributed by atoms with E-state index >= 15 is 0 Å². The molecule has 0 aromatic rings. The first-order valence-corrected chi connectivity index (χ1v) is 6.97. The van der Waals surface area contributed by atoms with Crippen LogP contribution in [0.25, 0.3) is 0 Å². The molecule has 0 saturated carbocycles. The first-order chi connectivity index (χ1) is 7.88. The second-order valence-electron chi connectivity index (χ2n) is 5.65. The Kier molecular flexibility index (Phi) is 3.18. The lowest BCUT2D eigenvalue weighted by molar-refractivity contribution is -0.0528. The van der Waals surface area contributed by atoms with E-state index in [-0.39, 0.29) is 0 Å². The van der Waals surface area contributed by atoms with Crippen molar-refractivity contribution in [3.63, 3.8) is 0 Å². The van der Waals surface area contributed by atoms with E-state index in [9.17, 15) is 0 Å². The summed E-state index contributed by atoms with van der Waals surface area (Å²) < 4.78 is 5.98. The van der Waals surface area contributed by atoms with Gasteiger partial charge in [0.1, 0.15) is 0 Å². The van der Waals surface area contributed by atoms with E-state index in [1.807, 2.05) is 0 Å². The summed E-state index contributed by atoms with van der Waals surface area (Å²) in [4.78, 5) is 2.72. The minimum atomic E-state index is 0.295. The van der Waals surface area contributed by atoms with E-state index in [0.29, 0.717) is 5.60 Å². The third-order valence-corrected chi connectivity index (χ3v) is 4.72. The molecule has 0 unspecified atom stereocenters. The number of hydrogen-bond acceptors (Lipinski definition) is 3. The highest BCUT2D eigenvalue weighted by Gasteiger charge is 2.39. The third-order valence-electron chi connectivity index (χ3n) is 4.72. The Bertz CT molecular complexity index is 222. The van der Waals surface area contributed by atoms with Gasteiger partial charge in [-0.1, -0.05) is 0 Å². The second kappa shape index (κ2) is 4.63. The molecule has 0 bridgehead atoms. The van der Waals surface area contributed by atoms with Crippen LogP contribution in [0.5, 0.6) is 0 Å². The van der Waals surface area contributed by atoms with Gasteiger partial charge in [-0.2, -0.15) is 0 Å². The molecule has 92 valence electrons. The van der Waals surface area contributed by atoms with Crippen molar-refractivity contribution in [1.82, 2.24) is 10.2 Å². The van der Waals surface area contributed by atoms with Gasteiger partial charge < -0.3 is 15.0 Å². The standard InChI is InChI=1S/C13H24N2O/c1-4-13(16-11-1)5-9-15(10-6-13)12-2-7-14-8-3-12/h12,14H,1-11H2. The SMILES string of the molecule is C1COC2(C1)CCN(C1CCNCC1)CC2. The molecule has 3 saturated heterocycles. The Balaban J connectivity index is 1.53. The smallest absolute Gasteiger partial charge is 0.0707 e. The molecule has 3 heterocycles. The van der Waals surface area contributed by atoms with Crippen LogP contribution in [-0.4, -0.2) is 49.3 Å². The fourth-order valence-electron chi connectivity index (χ4n) is 3.62. The van der Waals surface area contributed by atoms with Crippen LogP contribution in [0, 0.1) is 0 Å². The van der Waals surface area contributed by atoms with Crippen LogP contribution in [0.1, 0.15) is 38.5 Å². The van der Waals surface area contributed by atoms with Crippen LogP contribution in [-0.2, 0) is 4.74 Å². The van der Waals surface area contributed by atoms with Gasteiger partial charge in [0.25, 0.3) is 0 Å². The van der Waals surface area contributed by atoms with Crippen molar-refractivity contribution in [1.29, 1.82) is 0 Å². The van der Waals surface area contributed by atoms with Gasteiger partial charge in [-0.3, -0.25) is 0 Å². The summed E-state index contributed by atoms with van der Waals surface area (Å²) in [6.45, 7) is 5.97. The van der Waals surface area contributed by atoms with Gasteiger partial charge in [-0.05, 0) is 51.6 Å². The zero-order valence-corrected chi connectivity index (χ0v) is 10.2. The van der Waals surface area contributed by atoms with E-state index in [4.69, 9.17) is 4.74 Å². The van der Waals surface area contributed by atoms with E-state index in [0.717, 1.165) is 12.6 Å². The van der Waals surface area contributed by atoms with Gasteiger partial charge in [-0.25, -0.2) is 0 Å². The molecule has 0 radical (unpaired) electrons. The molecular formula is C13H24N2O. The van der Waals surface area contributed by atoms with Crippen LogP contribution in [0.2, 0.25) is 0 Å². The summed E-state index contributed by atoms with van der Waals surface area (Å²) in [6, 6.07) is 0.847. The van der Waals surface area contributed by atoms with Crippen molar-refractivity contribution < 1.29 is 4.74 Å². The molecule has 1 N–H and O–H groups in total. The summed E-state index contributed by atoms with van der Waals surface area (Å²) in [5.74, 6) is 0. The normalized spacial score (nSPS) is 32.2. The van der Waals surface area contributed by atoms with Crippen LogP contribution < -0.4 is 5.32 Å². The highest BCUT2D eigenvalue weighted by Crippen LogP contribution is 2.36. The van der Waals surface area contributed by atoms with Gasteiger partial charge in [0, 0.05) is 25.7 Å². The number of ether oxygens (including phenoxy) is 1. The van der Waals surface area contributed by atoms with Crippen molar-refractivity contribution in [3.8, 4) is 0 Å². The molecular weight excluding hydrogens is 200 g/mol. The van der Waals surface area contributed by atoms with Crippen LogP contribution in [0.15, 0.2) is 0 Å². The number of nitrogens with zero attached hydrogens (tertiary/aromatic N) is 1. The van der Waals surface area contributed by atoms with E-state index in [2.05, 4.69) is 10.2 Å². The second-order valence-corrected chi connectivity index (χ2v) is 5.65. The van der Waals surface area contributed by atoms with Gasteiger partial charge >= 0.3 is 0 Å². The Hall–Kier alpha value is -0.120. The molecule has 0 aromatic heterocycles. The summed E-state index contributed by atoms with van der Waals surface area (Å²) in [5, 5.41) is 3.45. The Morgan fingerprint density at radius 2 is 1.81 bits per heavy atom. The highest BCUT2D eigenvalue weighted by atomic mass is 16.5. The molecule has 3 fully saturated rings. The zero-order chi connectivity index (χ0) is 10.8. The van der Waals surface area contributed by atoms with E-state index in [1.165, 1.54) is 64.7 Å². The lowest BCUT2D eigenvalue weighted by atomic mass is 9.87. The molecule has 0 atom stereocenters. The first kappa shape index (κ1) is 11.0. The van der Waals surface area contributed by atoms with Crippen molar-refractivity contribution in [2.24, 2.45) is 0 Å². The largest absolute Gasteiger partial charge is 0.375 e. The molecule has 1 spiro atoms. The summed E-state index contributed by atoms with van der Waals surface area (Å²) >= 11 is 0. The van der Waals surface area contributed by atoms with Crippen molar-refractivity contribution >= 4 is 0 Å². The summed E-state index contributed by atoms with van der Waals surface area (Å²) in [5.41, 5.74) is 0.295. The molecule has 16 heavy (non-hydrogen) atoms. The van der Waals surface area contributed by atoms with Crippen molar-refractivity contribution in [3.05, 3.63) is 0 Å². The average Bonchev–Trinajstić information content (AvgIpc) is 2.80. The predicted molar refractivity (Wildman–Crippen MR) is 64.6 cm³/mol. The monoisotopic (exact) mass is 224 g/mol. The number of hydrogen-bond donors (Lipinski definition) is 1. The third kappa shape index (κ3) is 2.13. The maximum Gasteiger partial charge on any atom is 0.0707 e. The van der Waals surface area contributed by atoms with E-state index < -0.39 is 0 Å². The molecule has 3 nitrogen and oxygen atoms in total. The number of piperidine rings is 2. The highest BCUT2D eigenvalue weighted by molar-refractivity contribution is 4.92. The molecule has 3 aliphatic heterocycles. The molecule has 0 amide bonds. The van der Waals surface area contributed by atoms with Crippen molar-refractivity contribution in [2.45, 2.75) is 50.2 Å². The van der Waals surface area contributed by atoms with Crippen molar-refractivity contribution in [2.75, 3.05) is 32.8 Å². The predicted octanol–water partition coefficient (Wildman–Crippen LogP) is 1.38. The zero-order valence-electron chi connectivity index (χ0n) is 10.2. The summed E-state index contributed by atoms with van der Waals surface area (Å²) in [7, 11) is 0. The van der Waals surface area contributed by atoms with Crippen LogP contribution in [0.4, 0.5) is 0 Å². The van der Waals surface area contributed by atoms with Gasteiger partial charge in [0.2, 0.25) is 0 Å². The van der Waals surface area contributed by atoms with E-state index in [1.54, 1.807) is 0 Å². The topological polar surface area (TPSA) is 24.5 Å². The Morgan fingerprint density at radius 1 is 1.06 bits per heavy atom. The minimum Gasteiger partial charge on any atom is -0.375 e. The van der Waals surface area contributed by atoms with Crippen LogP contribution in [0.3, 0.4) is 0 Å². The minimum absolute atomic E-state index is 0.295. The fraction of sp³-hybridized carbons (Fsp3) is 1.00. The lowest BCUT2D eigenvalue weighted by Gasteiger charge is -2.43. The molecule has 0 aliphatic carbocycles. The van der Waals surface area contributed by atoms with Crippen LogP contribution >= 0.6 is 0 Å². The maximum atomic E-state index is 5.98. The number of nitrogens with one attached hydrogen (secondary N) is 1. The van der Waals surface area contributed by atoms with Gasteiger partial charge in [0.05, 0.1) is 5.60 Å². The Labute approximate surface area is 98.5 Å². The first-order valence-electron chi connectivity index (χ1n) is 6.97. The fourth-order valence-corrected chi connectivity index (χ4v) is 3.62. The lowest BCUT2D eigenvalue weighted by Crippen LogP contribution is -2.50. The molecule has 3 rings (SSSR count). The quantitative estimate of drug-likeness (QED) is 0.728. The number of likely N-dealkylation sites (tertiary alicyclic amines) is 1. The van der Waals surface area contributed by atoms with Gasteiger partial charge in [0.15, 0.2) is 0 Å². The maximum absolute atomic E-state index is 5.98. The van der Waals surface area contributed by atoms with Gasteiger partial charge in [-0.15, -0.1) is 0 Å². The number of rotatable bonds is 1. The molecule has 3 aliphatic rings. The summed E-state index contributed by atoms with van der Waals surface area (Å²) in [6.07, 6.45) is 7.83. The molecule has 3 heteroatoms. The Morgan fingerprint density at radius 3 is 2.44 bits per heavy atom. The average molecular weight is 224 g/mol.